The molecular weight excluding hydrogens is 426 g/mol. The lowest BCUT2D eigenvalue weighted by molar-refractivity contribution is -0.143. The van der Waals surface area contributed by atoms with Crippen LogP contribution in [0.4, 0.5) is 26.3 Å². The number of carbonyl (C=O) groups is 1. The summed E-state index contributed by atoms with van der Waals surface area (Å²) in [6.45, 7) is -0.473. The monoisotopic (exact) mass is 440 g/mol. The molecule has 2 aliphatic carbocycles. The SMILES string of the molecule is O=C(O)/C=C/C1=C=C=C2C(=C1)C=CCC2OCc1cc(C(F)(F)F)cc(C(F)(F)F)c1. The Hall–Kier alpha value is -3.25. The Balaban J connectivity index is 1.86. The molecule has 0 aliphatic heterocycles. The van der Waals surface area contributed by atoms with E-state index in [0.717, 1.165) is 6.08 Å². The molecule has 1 unspecified atom stereocenters. The fourth-order valence-electron chi connectivity index (χ4n) is 3.04. The highest BCUT2D eigenvalue weighted by molar-refractivity contribution is 5.80. The van der Waals surface area contributed by atoms with Gasteiger partial charge in [0, 0.05) is 17.2 Å². The van der Waals surface area contributed by atoms with Gasteiger partial charge in [-0.1, -0.05) is 23.6 Å². The van der Waals surface area contributed by atoms with E-state index in [0.29, 0.717) is 35.3 Å². The lowest BCUT2D eigenvalue weighted by atomic mass is 9.90. The number of hydrogen-bond acceptors (Lipinski definition) is 2. The Kier molecular flexibility index (Phi) is 6.13. The van der Waals surface area contributed by atoms with E-state index < -0.39 is 42.2 Å². The van der Waals surface area contributed by atoms with Gasteiger partial charge in [0.1, 0.15) is 0 Å². The second-order valence-electron chi connectivity index (χ2n) is 6.74. The summed E-state index contributed by atoms with van der Waals surface area (Å²) in [6, 6.07) is 1.33. The molecule has 3 rings (SSSR count). The third kappa shape index (κ3) is 5.67. The van der Waals surface area contributed by atoms with Gasteiger partial charge >= 0.3 is 18.3 Å². The number of rotatable bonds is 5. The minimum atomic E-state index is -4.93. The zero-order chi connectivity index (χ0) is 22.8. The van der Waals surface area contributed by atoms with Gasteiger partial charge in [-0.15, -0.1) is 0 Å². The quantitative estimate of drug-likeness (QED) is 0.360. The second kappa shape index (κ2) is 8.47. The van der Waals surface area contributed by atoms with Crippen molar-refractivity contribution in [3.05, 3.63) is 93.5 Å². The molecule has 3 nitrogen and oxygen atoms in total. The highest BCUT2D eigenvalue weighted by Crippen LogP contribution is 2.37. The molecule has 1 atom stereocenters. The second-order valence-corrected chi connectivity index (χ2v) is 6.74. The number of benzene rings is 1. The van der Waals surface area contributed by atoms with Crippen molar-refractivity contribution < 1.29 is 41.0 Å². The zero-order valence-corrected chi connectivity index (χ0v) is 15.6. The summed E-state index contributed by atoms with van der Waals surface area (Å²) in [7, 11) is 0. The number of hydrogen-bond donors (Lipinski definition) is 1. The lowest BCUT2D eigenvalue weighted by Gasteiger charge is -2.24. The number of halogens is 6. The van der Waals surface area contributed by atoms with Crippen LogP contribution in [-0.4, -0.2) is 17.2 Å². The Morgan fingerprint density at radius 2 is 1.74 bits per heavy atom. The fourth-order valence-corrected chi connectivity index (χ4v) is 3.04. The first-order chi connectivity index (χ1) is 14.4. The molecule has 9 heteroatoms. The number of allylic oxidation sites excluding steroid dienone is 4. The number of ether oxygens (including phenoxy) is 1. The van der Waals surface area contributed by atoms with Crippen LogP contribution in [0.2, 0.25) is 0 Å². The topological polar surface area (TPSA) is 46.5 Å². The van der Waals surface area contributed by atoms with Crippen molar-refractivity contribution in [2.45, 2.75) is 31.5 Å². The van der Waals surface area contributed by atoms with Crippen molar-refractivity contribution in [3.63, 3.8) is 0 Å². The van der Waals surface area contributed by atoms with E-state index >= 15 is 0 Å². The average Bonchev–Trinajstić information content (AvgIpc) is 2.69. The van der Waals surface area contributed by atoms with E-state index in [1.165, 1.54) is 6.08 Å². The Labute approximate surface area is 172 Å². The zero-order valence-electron chi connectivity index (χ0n) is 15.6. The maximum atomic E-state index is 13.0. The first-order valence-electron chi connectivity index (χ1n) is 8.89. The van der Waals surface area contributed by atoms with Gasteiger partial charge in [-0.2, -0.15) is 26.3 Å². The van der Waals surface area contributed by atoms with Crippen molar-refractivity contribution >= 4 is 5.97 Å². The van der Waals surface area contributed by atoms with Gasteiger partial charge in [-0.3, -0.25) is 0 Å². The third-order valence-corrected chi connectivity index (χ3v) is 4.44. The molecule has 0 heterocycles. The highest BCUT2D eigenvalue weighted by Gasteiger charge is 2.37. The summed E-state index contributed by atoms with van der Waals surface area (Å²) in [4.78, 5) is 10.6. The van der Waals surface area contributed by atoms with E-state index in [4.69, 9.17) is 9.84 Å². The standard InChI is InChI=1S/C22H14F6O3/c23-21(24,25)16-9-14(10-17(11-16)22(26,27)28)12-31-19-3-1-2-15-8-13(4-6-18(15)19)5-7-20(29)30/h1-2,5,7-11,19H,3,12H2,(H,29,30)/b7-5+. The van der Waals surface area contributed by atoms with Crippen molar-refractivity contribution in [2.75, 3.05) is 0 Å². The minimum absolute atomic E-state index is 0.0665. The van der Waals surface area contributed by atoms with Crippen LogP contribution in [0.1, 0.15) is 23.1 Å². The molecule has 0 saturated heterocycles. The van der Waals surface area contributed by atoms with E-state index in [1.807, 2.05) is 0 Å². The largest absolute Gasteiger partial charge is 0.478 e. The maximum absolute atomic E-state index is 13.0. The van der Waals surface area contributed by atoms with Gasteiger partial charge in [0.05, 0.1) is 23.8 Å². The van der Waals surface area contributed by atoms with Gasteiger partial charge in [-0.25, -0.2) is 4.79 Å². The van der Waals surface area contributed by atoms with E-state index in [1.54, 1.807) is 18.2 Å². The lowest BCUT2D eigenvalue weighted by Crippen LogP contribution is -2.19. The van der Waals surface area contributed by atoms with Crippen molar-refractivity contribution in [1.29, 1.82) is 0 Å². The maximum Gasteiger partial charge on any atom is 0.416 e. The minimum Gasteiger partial charge on any atom is -0.478 e. The molecule has 2 aliphatic rings. The van der Waals surface area contributed by atoms with Crippen LogP contribution in [-0.2, 0) is 28.5 Å². The molecule has 0 saturated carbocycles. The van der Waals surface area contributed by atoms with Crippen LogP contribution in [0, 0.1) is 0 Å². The molecule has 0 bridgehead atoms. The van der Waals surface area contributed by atoms with Crippen molar-refractivity contribution in [3.8, 4) is 0 Å². The summed E-state index contributed by atoms with van der Waals surface area (Å²) in [5.41, 5.74) is 4.13. The first-order valence-corrected chi connectivity index (χ1v) is 8.89. The van der Waals surface area contributed by atoms with Crippen LogP contribution in [0.25, 0.3) is 0 Å². The Morgan fingerprint density at radius 3 is 2.32 bits per heavy atom. The van der Waals surface area contributed by atoms with Crippen LogP contribution in [0.3, 0.4) is 0 Å². The van der Waals surface area contributed by atoms with Crippen molar-refractivity contribution in [1.82, 2.24) is 0 Å². The van der Waals surface area contributed by atoms with E-state index in [9.17, 15) is 31.1 Å². The number of carboxylic acids is 1. The average molecular weight is 440 g/mol. The molecule has 0 radical (unpaired) electrons. The van der Waals surface area contributed by atoms with Crippen LogP contribution in [0.15, 0.2) is 76.8 Å². The predicted molar refractivity (Wildman–Crippen MR) is 97.7 cm³/mol. The van der Waals surface area contributed by atoms with Crippen molar-refractivity contribution in [2.24, 2.45) is 0 Å². The Bertz CT molecular complexity index is 1060. The highest BCUT2D eigenvalue weighted by atomic mass is 19.4. The summed E-state index contributed by atoms with van der Waals surface area (Å²) in [5.74, 6) is -1.14. The van der Waals surface area contributed by atoms with Crippen LogP contribution in [0.5, 0.6) is 0 Å². The van der Waals surface area contributed by atoms with Gasteiger partial charge in [-0.05, 0) is 47.9 Å². The molecular formula is C22H14F6O3. The van der Waals surface area contributed by atoms with Crippen LogP contribution >= 0.6 is 0 Å². The summed E-state index contributed by atoms with van der Waals surface area (Å²) < 4.78 is 83.7. The normalized spacial score (nSPS) is 18.5. The molecule has 0 spiro atoms. The number of fused-ring (bicyclic) bond motifs is 1. The van der Waals surface area contributed by atoms with Gasteiger partial charge in [0.2, 0.25) is 0 Å². The van der Waals surface area contributed by atoms with Gasteiger partial charge in [0.25, 0.3) is 0 Å². The molecule has 1 aromatic rings. The summed E-state index contributed by atoms with van der Waals surface area (Å²) >= 11 is 0. The summed E-state index contributed by atoms with van der Waals surface area (Å²) in [6.07, 6.45) is -2.83. The van der Waals surface area contributed by atoms with Gasteiger partial charge in [0.15, 0.2) is 0 Å². The molecule has 1 N–H and O–H groups in total. The summed E-state index contributed by atoms with van der Waals surface area (Å²) in [5, 5.41) is 8.69. The first kappa shape index (κ1) is 22.4. The third-order valence-electron chi connectivity index (χ3n) is 4.44. The molecule has 0 amide bonds. The molecule has 1 aromatic carbocycles. The van der Waals surface area contributed by atoms with E-state index in [-0.39, 0.29) is 11.6 Å². The van der Waals surface area contributed by atoms with Crippen LogP contribution < -0.4 is 0 Å². The molecule has 31 heavy (non-hydrogen) atoms. The number of aliphatic carboxylic acids is 1. The molecule has 162 valence electrons. The fraction of sp³-hybridized carbons (Fsp3) is 0.227. The number of carboxylic acid groups (broad SMARTS) is 1. The molecule has 0 aromatic heterocycles. The van der Waals surface area contributed by atoms with E-state index in [2.05, 4.69) is 11.5 Å². The number of alkyl halides is 6. The molecule has 0 fully saturated rings. The Morgan fingerprint density at radius 1 is 1.10 bits per heavy atom. The smallest absolute Gasteiger partial charge is 0.416 e. The van der Waals surface area contributed by atoms with Gasteiger partial charge < -0.3 is 9.84 Å². The predicted octanol–water partition coefficient (Wildman–Crippen LogP) is 5.76.